The minimum absolute atomic E-state index is 0.0170. The fraction of sp³-hybridized carbons (Fsp3) is 0.409. The number of carbonyl (C=O) groups excluding carboxylic acids is 1. The molecule has 0 bridgehead atoms. The number of carboxylic acid groups (broad SMARTS) is 1. The lowest BCUT2D eigenvalue weighted by Gasteiger charge is -2.47. The quantitative estimate of drug-likeness (QED) is 0.151. The van der Waals surface area contributed by atoms with Crippen LogP contribution in [-0.4, -0.2) is 80.6 Å². The number of nitrogens with one attached hydrogen (secondary N) is 1. The largest absolute Gasteiger partial charge is 0.481 e. The number of hydrogen-bond donors (Lipinski definition) is 2. The molecule has 3 atom stereocenters. The van der Waals surface area contributed by atoms with Gasteiger partial charge in [0.1, 0.15) is 28.9 Å². The first-order valence-corrected chi connectivity index (χ1v) is 20.7. The molecule has 1 amide bonds. The number of benzene rings is 3. The van der Waals surface area contributed by atoms with Crippen molar-refractivity contribution in [2.75, 3.05) is 33.3 Å². The molecule has 2 N–H and O–H groups in total. The fourth-order valence-corrected chi connectivity index (χ4v) is 10.5. The Balaban J connectivity index is 0.930. The number of aliphatic carboxylic acids is 1. The number of hydrogen-bond acceptors (Lipinski definition) is 11. The first-order valence-electron chi connectivity index (χ1n) is 20.3. The van der Waals surface area contributed by atoms with E-state index in [2.05, 4.69) is 26.3 Å². The van der Waals surface area contributed by atoms with E-state index >= 15 is 0 Å². The monoisotopic (exact) mass is 853 g/mol. The van der Waals surface area contributed by atoms with Gasteiger partial charge in [-0.25, -0.2) is 9.97 Å². The van der Waals surface area contributed by atoms with E-state index in [1.165, 1.54) is 7.11 Å². The van der Waals surface area contributed by atoms with E-state index in [0.29, 0.717) is 103 Å². The van der Waals surface area contributed by atoms with Crippen LogP contribution in [0.3, 0.4) is 0 Å². The van der Waals surface area contributed by atoms with Crippen molar-refractivity contribution in [3.05, 3.63) is 86.7 Å². The number of likely N-dealkylation sites (tertiary alicyclic amines) is 2. The predicted molar refractivity (Wildman–Crippen MR) is 214 cm³/mol. The summed E-state index contributed by atoms with van der Waals surface area (Å²) in [6.45, 7) is 2.17. The van der Waals surface area contributed by atoms with Crippen molar-refractivity contribution in [3.63, 3.8) is 0 Å². The summed E-state index contributed by atoms with van der Waals surface area (Å²) in [5.41, 5.74) is 5.07. The lowest BCUT2D eigenvalue weighted by Crippen LogP contribution is -2.66. The molecule has 2 aliphatic carbocycles. The summed E-state index contributed by atoms with van der Waals surface area (Å²) >= 11 is 7.18. The van der Waals surface area contributed by atoms with E-state index in [9.17, 15) is 33.1 Å². The van der Waals surface area contributed by atoms with Gasteiger partial charge < -0.3 is 24.3 Å². The van der Waals surface area contributed by atoms with E-state index < -0.39 is 35.7 Å². The highest BCUT2D eigenvalue weighted by molar-refractivity contribution is 6.36. The van der Waals surface area contributed by atoms with Crippen molar-refractivity contribution in [2.45, 2.75) is 75.4 Å². The van der Waals surface area contributed by atoms with Crippen LogP contribution in [0.5, 0.6) is 11.8 Å². The number of ether oxygens (including phenoxy) is 2. The molecule has 5 aromatic rings. The third-order valence-electron chi connectivity index (χ3n) is 13.0. The van der Waals surface area contributed by atoms with Crippen molar-refractivity contribution in [1.29, 1.82) is 5.26 Å². The van der Waals surface area contributed by atoms with Crippen LogP contribution in [0.1, 0.15) is 83.5 Å². The standard InChI is InChI=1S/C44H39ClF3N7O6/c1-59-40-32(19-54-20-43(21-54)14-12-35(56)53-43)50-38(44(46,47)48)41(52-40)60-34-11-9-24-23(4-2-5-26(24)34)27-6-3-7-28(36(27)45)39-51-31-16-29-25(30(17-49)37(31)61-39)8-10-33(29)55-15-13-22(18-55)42(57)58/h2-7,16,22,33-34H,8-15,18-21H2,1H3,(H,53,56)(H,57,58)/t22-,33-,34+/m1/s1. The molecule has 1 spiro atoms. The first kappa shape index (κ1) is 39.4. The molecule has 0 saturated carbocycles. The Hall–Kier alpha value is -5.76. The van der Waals surface area contributed by atoms with Gasteiger partial charge in [-0.1, -0.05) is 41.9 Å². The molecule has 3 aliphatic heterocycles. The maximum absolute atomic E-state index is 14.6. The van der Waals surface area contributed by atoms with Gasteiger partial charge in [0, 0.05) is 44.2 Å². The summed E-state index contributed by atoms with van der Waals surface area (Å²) < 4.78 is 61.7. The Labute approximate surface area is 352 Å². The van der Waals surface area contributed by atoms with Crippen LogP contribution in [0, 0.1) is 17.2 Å². The zero-order chi connectivity index (χ0) is 42.4. The van der Waals surface area contributed by atoms with Crippen molar-refractivity contribution < 1.29 is 41.8 Å². The van der Waals surface area contributed by atoms with Gasteiger partial charge in [0.15, 0.2) is 5.58 Å². The number of amides is 1. The topological polar surface area (TPSA) is 167 Å². The Morgan fingerprint density at radius 1 is 1.03 bits per heavy atom. The molecule has 2 aromatic heterocycles. The van der Waals surface area contributed by atoms with E-state index in [1.54, 1.807) is 12.1 Å². The number of methoxy groups -OCH3 is 1. The summed E-state index contributed by atoms with van der Waals surface area (Å²) in [6.07, 6.45) is -1.65. The van der Waals surface area contributed by atoms with Crippen molar-refractivity contribution in [1.82, 2.24) is 30.1 Å². The van der Waals surface area contributed by atoms with E-state index in [1.807, 2.05) is 35.2 Å². The average molecular weight is 854 g/mol. The van der Waals surface area contributed by atoms with Gasteiger partial charge in [0.05, 0.1) is 29.2 Å². The summed E-state index contributed by atoms with van der Waals surface area (Å²) in [4.78, 5) is 40.6. The van der Waals surface area contributed by atoms with Gasteiger partial charge in [-0.05, 0) is 85.0 Å². The molecule has 5 heterocycles. The Bertz CT molecular complexity index is 2690. The summed E-state index contributed by atoms with van der Waals surface area (Å²) in [7, 11) is 1.33. The molecular weight excluding hydrogens is 815 g/mol. The lowest BCUT2D eigenvalue weighted by molar-refractivity contribution is -0.144. The number of carbonyl (C=O) groups is 2. The van der Waals surface area contributed by atoms with Crippen LogP contribution in [0.2, 0.25) is 5.02 Å². The molecule has 0 radical (unpaired) electrons. The van der Waals surface area contributed by atoms with Gasteiger partial charge in [-0.15, -0.1) is 0 Å². The second kappa shape index (κ2) is 14.7. The maximum atomic E-state index is 14.6. The van der Waals surface area contributed by atoms with Gasteiger partial charge in [-0.2, -0.15) is 23.4 Å². The highest BCUT2D eigenvalue weighted by Crippen LogP contribution is 2.47. The molecule has 3 aromatic carbocycles. The normalized spacial score (nSPS) is 22.0. The smallest absolute Gasteiger partial charge is 0.438 e. The fourth-order valence-electron chi connectivity index (χ4n) is 10.2. The minimum atomic E-state index is -4.86. The molecule has 5 aliphatic rings. The zero-order valence-corrected chi connectivity index (χ0v) is 33.7. The Kier molecular flexibility index (Phi) is 9.50. The van der Waals surface area contributed by atoms with E-state index in [4.69, 9.17) is 30.5 Å². The molecule has 0 unspecified atom stereocenters. The molecule has 17 heteroatoms. The Morgan fingerprint density at radius 3 is 2.52 bits per heavy atom. The number of fused-ring (bicyclic) bond motifs is 3. The van der Waals surface area contributed by atoms with Crippen molar-refractivity contribution >= 4 is 34.6 Å². The third kappa shape index (κ3) is 6.74. The summed E-state index contributed by atoms with van der Waals surface area (Å²) in [6, 6.07) is 15.3. The number of nitriles is 1. The molecule has 3 fully saturated rings. The minimum Gasteiger partial charge on any atom is -0.481 e. The first-order chi connectivity index (χ1) is 29.3. The number of aromatic nitrogens is 3. The van der Waals surface area contributed by atoms with Gasteiger partial charge in [-0.3, -0.25) is 19.4 Å². The van der Waals surface area contributed by atoms with Gasteiger partial charge >= 0.3 is 12.1 Å². The second-order valence-electron chi connectivity index (χ2n) is 16.7. The third-order valence-corrected chi connectivity index (χ3v) is 13.4. The van der Waals surface area contributed by atoms with Crippen molar-refractivity contribution in [3.8, 4) is 40.4 Å². The highest BCUT2D eigenvalue weighted by atomic mass is 35.5. The molecule has 13 nitrogen and oxygen atoms in total. The van der Waals surface area contributed by atoms with Crippen molar-refractivity contribution in [2.24, 2.45) is 5.92 Å². The van der Waals surface area contributed by atoms with E-state index in [-0.39, 0.29) is 41.5 Å². The predicted octanol–water partition coefficient (Wildman–Crippen LogP) is 7.43. The SMILES string of the molecule is COc1nc(O[C@H]2CCc3c(-c4cccc(-c5nc6cc7c(c(C#N)c6o5)CC[C@H]7N5CC[C@@H](C(=O)O)C5)c4Cl)cccc32)c(C(F)(F)F)nc1CN1CC2(CCC(=O)N2)C1. The van der Waals surface area contributed by atoms with Crippen LogP contribution in [-0.2, 0) is 35.2 Å². The second-order valence-corrected chi connectivity index (χ2v) is 17.0. The van der Waals surface area contributed by atoms with Gasteiger partial charge in [0.2, 0.25) is 29.3 Å². The average Bonchev–Trinajstić information content (AvgIpc) is 4.07. The van der Waals surface area contributed by atoms with Crippen LogP contribution >= 0.6 is 11.6 Å². The zero-order valence-electron chi connectivity index (χ0n) is 32.9. The highest BCUT2D eigenvalue weighted by Gasteiger charge is 2.48. The molecular formula is C44H39ClF3N7O6. The maximum Gasteiger partial charge on any atom is 0.438 e. The lowest BCUT2D eigenvalue weighted by atomic mass is 9.88. The number of nitrogens with zero attached hydrogens (tertiary/aromatic N) is 6. The van der Waals surface area contributed by atoms with Crippen LogP contribution < -0.4 is 14.8 Å². The molecule has 10 rings (SSSR count). The Morgan fingerprint density at radius 2 is 1.80 bits per heavy atom. The number of halogens is 4. The number of rotatable bonds is 9. The number of alkyl halides is 3. The molecule has 61 heavy (non-hydrogen) atoms. The van der Waals surface area contributed by atoms with Crippen LogP contribution in [0.15, 0.2) is 46.9 Å². The summed E-state index contributed by atoms with van der Waals surface area (Å²) in [5, 5.41) is 23.2. The van der Waals surface area contributed by atoms with E-state index in [0.717, 1.165) is 28.7 Å². The van der Waals surface area contributed by atoms with Gasteiger partial charge in [0.25, 0.3) is 0 Å². The molecule has 314 valence electrons. The number of oxazole rings is 1. The number of carboxylic acids is 1. The van der Waals surface area contributed by atoms with Crippen LogP contribution in [0.4, 0.5) is 13.2 Å². The summed E-state index contributed by atoms with van der Waals surface area (Å²) in [5.74, 6) is -1.75. The molecule has 3 saturated heterocycles. The van der Waals surface area contributed by atoms with Crippen LogP contribution in [0.25, 0.3) is 33.7 Å².